The number of nitrogens with one attached hydrogen (secondary N) is 1. The number of hydrogen-bond donors (Lipinski definition) is 2. The fraction of sp³-hybridized carbons (Fsp3) is 0.500. The molecule has 2 aromatic rings. The van der Waals surface area contributed by atoms with Crippen LogP contribution in [0.15, 0.2) is 36.7 Å². The summed E-state index contributed by atoms with van der Waals surface area (Å²) in [5.74, 6) is 2.64. The summed E-state index contributed by atoms with van der Waals surface area (Å²) >= 11 is 0. The van der Waals surface area contributed by atoms with Crippen LogP contribution in [-0.2, 0) is 6.42 Å². The largest absolute Gasteiger partial charge is 0.393 e. The Labute approximate surface area is 151 Å². The first kappa shape index (κ1) is 19.0. The lowest BCUT2D eigenvalue weighted by Gasteiger charge is -2.28. The summed E-state index contributed by atoms with van der Waals surface area (Å²) in [4.78, 5) is 11.1. The van der Waals surface area contributed by atoms with Crippen molar-refractivity contribution in [2.75, 3.05) is 35.6 Å². The summed E-state index contributed by atoms with van der Waals surface area (Å²) in [5, 5.41) is 3.36. The number of aromatic nitrogens is 2. The maximum Gasteiger partial charge on any atom is 0.157 e. The molecule has 0 amide bonds. The van der Waals surface area contributed by atoms with Crippen molar-refractivity contribution in [3.63, 3.8) is 0 Å². The standard InChI is InChI=1S/C20H31N5/c1-15(2)12-25(13-16(3)4)20-18(21)19(23-14-24-20)22-11-10-17-8-6-5-7-9-17/h5-9,14-16H,10-13,21H2,1-4H3,(H,22,23,24). The van der Waals surface area contributed by atoms with E-state index in [1.54, 1.807) is 6.33 Å². The van der Waals surface area contributed by atoms with Gasteiger partial charge in [-0.1, -0.05) is 58.0 Å². The van der Waals surface area contributed by atoms with E-state index in [0.29, 0.717) is 17.5 Å². The van der Waals surface area contributed by atoms with Gasteiger partial charge in [0.2, 0.25) is 0 Å². The Morgan fingerprint density at radius 2 is 1.64 bits per heavy atom. The van der Waals surface area contributed by atoms with Crippen LogP contribution in [0.1, 0.15) is 33.3 Å². The van der Waals surface area contributed by atoms with E-state index >= 15 is 0 Å². The van der Waals surface area contributed by atoms with Crippen molar-refractivity contribution < 1.29 is 0 Å². The summed E-state index contributed by atoms with van der Waals surface area (Å²) in [7, 11) is 0. The minimum absolute atomic E-state index is 0.544. The molecule has 0 bridgehead atoms. The van der Waals surface area contributed by atoms with Gasteiger partial charge in [-0.2, -0.15) is 0 Å². The third-order valence-corrected chi connectivity index (χ3v) is 3.88. The van der Waals surface area contributed by atoms with Crippen LogP contribution in [0, 0.1) is 11.8 Å². The van der Waals surface area contributed by atoms with E-state index in [1.807, 2.05) is 6.07 Å². The van der Waals surface area contributed by atoms with Crippen LogP contribution in [0.3, 0.4) is 0 Å². The Kier molecular flexibility index (Phi) is 7.04. The first-order chi connectivity index (χ1) is 12.0. The predicted octanol–water partition coefficient (Wildman–Crippen LogP) is 3.83. The van der Waals surface area contributed by atoms with E-state index in [4.69, 9.17) is 5.73 Å². The molecule has 0 radical (unpaired) electrons. The van der Waals surface area contributed by atoms with Crippen LogP contribution in [0.2, 0.25) is 0 Å². The van der Waals surface area contributed by atoms with Gasteiger partial charge in [-0.25, -0.2) is 9.97 Å². The number of benzene rings is 1. The van der Waals surface area contributed by atoms with Gasteiger partial charge in [-0.05, 0) is 23.8 Å². The first-order valence-electron chi connectivity index (χ1n) is 9.10. The second kappa shape index (κ2) is 9.25. The van der Waals surface area contributed by atoms with Gasteiger partial charge in [-0.3, -0.25) is 0 Å². The van der Waals surface area contributed by atoms with Gasteiger partial charge in [0.25, 0.3) is 0 Å². The van der Waals surface area contributed by atoms with Crippen molar-refractivity contribution in [3.05, 3.63) is 42.2 Å². The molecule has 0 aliphatic carbocycles. The molecule has 0 aliphatic rings. The number of rotatable bonds is 9. The summed E-state index contributed by atoms with van der Waals surface area (Å²) < 4.78 is 0. The maximum atomic E-state index is 6.39. The van der Waals surface area contributed by atoms with E-state index in [2.05, 4.69) is 72.1 Å². The normalized spacial score (nSPS) is 11.1. The minimum atomic E-state index is 0.544. The fourth-order valence-corrected chi connectivity index (χ4v) is 2.88. The zero-order valence-electron chi connectivity index (χ0n) is 15.9. The average Bonchev–Trinajstić information content (AvgIpc) is 2.56. The number of nitrogens with zero attached hydrogens (tertiary/aromatic N) is 3. The molecule has 3 N–H and O–H groups in total. The maximum absolute atomic E-state index is 6.39. The van der Waals surface area contributed by atoms with Crippen LogP contribution >= 0.6 is 0 Å². The molecule has 0 aliphatic heterocycles. The summed E-state index contributed by atoms with van der Waals surface area (Å²) in [6.07, 6.45) is 2.53. The Balaban J connectivity index is 2.08. The molecule has 1 aromatic heterocycles. The molecule has 0 atom stereocenters. The van der Waals surface area contributed by atoms with E-state index in [9.17, 15) is 0 Å². The molecule has 0 saturated carbocycles. The molecule has 5 heteroatoms. The molecular formula is C20H31N5. The minimum Gasteiger partial charge on any atom is -0.393 e. The van der Waals surface area contributed by atoms with Crippen molar-refractivity contribution in [1.29, 1.82) is 0 Å². The smallest absolute Gasteiger partial charge is 0.157 e. The first-order valence-corrected chi connectivity index (χ1v) is 9.10. The molecule has 1 aromatic carbocycles. The van der Waals surface area contributed by atoms with Crippen LogP contribution in [0.5, 0.6) is 0 Å². The van der Waals surface area contributed by atoms with Gasteiger partial charge in [0.15, 0.2) is 11.6 Å². The molecule has 0 saturated heterocycles. The van der Waals surface area contributed by atoms with E-state index in [0.717, 1.165) is 37.7 Å². The number of nitrogens with two attached hydrogens (primary N) is 1. The molecule has 5 nitrogen and oxygen atoms in total. The van der Waals surface area contributed by atoms with Gasteiger partial charge in [-0.15, -0.1) is 0 Å². The second-order valence-electron chi connectivity index (χ2n) is 7.31. The molecule has 136 valence electrons. The highest BCUT2D eigenvalue weighted by Gasteiger charge is 2.17. The third kappa shape index (κ3) is 5.93. The van der Waals surface area contributed by atoms with Crippen molar-refractivity contribution in [2.45, 2.75) is 34.1 Å². The Bertz CT molecular complexity index is 630. The molecule has 2 rings (SSSR count). The molecule has 25 heavy (non-hydrogen) atoms. The third-order valence-electron chi connectivity index (χ3n) is 3.88. The molecule has 0 fully saturated rings. The van der Waals surface area contributed by atoms with Gasteiger partial charge in [0, 0.05) is 19.6 Å². The molecular weight excluding hydrogens is 310 g/mol. The van der Waals surface area contributed by atoms with Gasteiger partial charge < -0.3 is 16.0 Å². The monoisotopic (exact) mass is 341 g/mol. The van der Waals surface area contributed by atoms with Crippen molar-refractivity contribution in [1.82, 2.24) is 9.97 Å². The Hall–Kier alpha value is -2.30. The summed E-state index contributed by atoms with van der Waals surface area (Å²) in [6.45, 7) is 11.5. The zero-order valence-corrected chi connectivity index (χ0v) is 15.9. The lowest BCUT2D eigenvalue weighted by Crippen LogP contribution is -2.33. The van der Waals surface area contributed by atoms with Crippen LogP contribution in [0.25, 0.3) is 0 Å². The van der Waals surface area contributed by atoms with E-state index < -0.39 is 0 Å². The van der Waals surface area contributed by atoms with Crippen molar-refractivity contribution in [2.24, 2.45) is 11.8 Å². The van der Waals surface area contributed by atoms with Crippen molar-refractivity contribution >= 4 is 17.3 Å². The quantitative estimate of drug-likeness (QED) is 0.725. The highest BCUT2D eigenvalue weighted by Crippen LogP contribution is 2.27. The summed E-state index contributed by atoms with van der Waals surface area (Å²) in [6, 6.07) is 10.4. The summed E-state index contributed by atoms with van der Waals surface area (Å²) in [5.41, 5.74) is 8.32. The van der Waals surface area contributed by atoms with Gasteiger partial charge >= 0.3 is 0 Å². The Morgan fingerprint density at radius 3 is 2.24 bits per heavy atom. The number of nitrogen functional groups attached to an aromatic ring is 1. The number of hydrogen-bond acceptors (Lipinski definition) is 5. The van der Waals surface area contributed by atoms with Crippen molar-refractivity contribution in [3.8, 4) is 0 Å². The second-order valence-corrected chi connectivity index (χ2v) is 7.31. The Morgan fingerprint density at radius 1 is 1.00 bits per heavy atom. The zero-order chi connectivity index (χ0) is 18.2. The fourth-order valence-electron chi connectivity index (χ4n) is 2.88. The van der Waals surface area contributed by atoms with Crippen LogP contribution < -0.4 is 16.0 Å². The lowest BCUT2D eigenvalue weighted by atomic mass is 10.1. The predicted molar refractivity (Wildman–Crippen MR) is 107 cm³/mol. The van der Waals surface area contributed by atoms with Gasteiger partial charge in [0.05, 0.1) is 0 Å². The van der Waals surface area contributed by atoms with Gasteiger partial charge in [0.1, 0.15) is 12.0 Å². The highest BCUT2D eigenvalue weighted by molar-refractivity contribution is 5.74. The molecule has 0 unspecified atom stereocenters. The van der Waals surface area contributed by atoms with E-state index in [-0.39, 0.29) is 0 Å². The van der Waals surface area contributed by atoms with E-state index in [1.165, 1.54) is 5.56 Å². The molecule has 1 heterocycles. The lowest BCUT2D eigenvalue weighted by molar-refractivity contribution is 0.549. The van der Waals surface area contributed by atoms with Crippen LogP contribution in [0.4, 0.5) is 17.3 Å². The van der Waals surface area contributed by atoms with Crippen LogP contribution in [-0.4, -0.2) is 29.6 Å². The number of anilines is 3. The SMILES string of the molecule is CC(C)CN(CC(C)C)c1ncnc(NCCc2ccccc2)c1N. The molecule has 0 spiro atoms. The highest BCUT2D eigenvalue weighted by atomic mass is 15.2. The topological polar surface area (TPSA) is 67.1 Å². The average molecular weight is 342 g/mol.